The first-order valence-electron chi connectivity index (χ1n) is 14.7. The van der Waals surface area contributed by atoms with Crippen molar-refractivity contribution in [2.24, 2.45) is 9.98 Å². The lowest BCUT2D eigenvalue weighted by Crippen LogP contribution is -2.18. The Bertz CT molecular complexity index is 1550. The summed E-state index contributed by atoms with van der Waals surface area (Å²) in [5.74, 6) is -2.74. The monoisotopic (exact) mass is 618 g/mol. The molecule has 0 N–H and O–H groups in total. The molecule has 1 aromatic carbocycles. The van der Waals surface area contributed by atoms with E-state index in [0.29, 0.717) is 43.6 Å². The smallest absolute Gasteiger partial charge is 0.356 e. The van der Waals surface area contributed by atoms with Crippen LogP contribution in [0.4, 0.5) is 8.78 Å². The second-order valence-corrected chi connectivity index (χ2v) is 10.7. The van der Waals surface area contributed by atoms with Crippen molar-refractivity contribution in [3.8, 4) is 0 Å². The molecule has 1 aliphatic carbocycles. The maximum absolute atomic E-state index is 15.9. The van der Waals surface area contributed by atoms with E-state index in [1.807, 2.05) is 38.2 Å². The van der Waals surface area contributed by atoms with Gasteiger partial charge < -0.3 is 14.2 Å². The number of rotatable bonds is 14. The number of benzene rings is 1. The van der Waals surface area contributed by atoms with E-state index in [2.05, 4.69) is 18.2 Å². The summed E-state index contributed by atoms with van der Waals surface area (Å²) in [6, 6.07) is 2.28. The molecule has 0 aromatic heterocycles. The predicted molar refractivity (Wildman–Crippen MR) is 175 cm³/mol. The van der Waals surface area contributed by atoms with Crippen LogP contribution in [-0.2, 0) is 23.8 Å². The zero-order valence-electron chi connectivity index (χ0n) is 26.5. The summed E-state index contributed by atoms with van der Waals surface area (Å²) < 4.78 is 47.4. The van der Waals surface area contributed by atoms with Crippen molar-refractivity contribution in [1.82, 2.24) is 0 Å². The van der Waals surface area contributed by atoms with Crippen molar-refractivity contribution < 1.29 is 32.6 Å². The Labute approximate surface area is 263 Å². The largest absolute Gasteiger partial charge is 0.469 e. The van der Waals surface area contributed by atoms with Crippen molar-refractivity contribution in [2.75, 3.05) is 20.8 Å². The lowest BCUT2D eigenvalue weighted by Gasteiger charge is -2.25. The molecule has 0 fully saturated rings. The van der Waals surface area contributed by atoms with Gasteiger partial charge in [0.25, 0.3) is 0 Å². The number of hydrogen-bond donors (Lipinski definition) is 0. The number of methoxy groups -OCH3 is 2. The van der Waals surface area contributed by atoms with Gasteiger partial charge in [-0.25, -0.2) is 23.6 Å². The number of carbonyl (C=O) groups is 2. The van der Waals surface area contributed by atoms with Gasteiger partial charge in [0.1, 0.15) is 17.3 Å². The van der Waals surface area contributed by atoms with Gasteiger partial charge in [-0.05, 0) is 80.5 Å². The molecule has 0 unspecified atom stereocenters. The lowest BCUT2D eigenvalue weighted by atomic mass is 9.88. The lowest BCUT2D eigenvalue weighted by molar-refractivity contribution is -0.139. The van der Waals surface area contributed by atoms with Gasteiger partial charge in [0.15, 0.2) is 0 Å². The quantitative estimate of drug-likeness (QED) is 0.121. The third-order valence-electron chi connectivity index (χ3n) is 7.27. The van der Waals surface area contributed by atoms with E-state index in [1.54, 1.807) is 13.0 Å². The van der Waals surface area contributed by atoms with Crippen LogP contribution in [0.2, 0.25) is 0 Å². The molecule has 0 radical (unpaired) electrons. The standard InChI is InChI=1S/C36H40F2N2O5/c1-8-11-31(36(42)44-7)39-24(5)26-20-29(37)34(30(38)21-26)35-27(18-25-13-10-12-22(3)16-32(25)40-35)19-28(9-2)45-15-14-23(4)17-33(41)43-6/h8,10-13,16,20-21,28H,4-5,9,14-15,17-19H2,1-3,6-7H3/b11-8-,39-31?/t28-/m1/s1. The molecule has 45 heavy (non-hydrogen) atoms. The average molecular weight is 619 g/mol. The molecule has 2 aliphatic rings. The van der Waals surface area contributed by atoms with Gasteiger partial charge in [0.05, 0.1) is 56.0 Å². The number of esters is 2. The van der Waals surface area contributed by atoms with Gasteiger partial charge in [-0.1, -0.05) is 50.0 Å². The molecule has 1 heterocycles. The van der Waals surface area contributed by atoms with Crippen molar-refractivity contribution in [3.63, 3.8) is 0 Å². The van der Waals surface area contributed by atoms with Crippen LogP contribution in [0.3, 0.4) is 0 Å². The van der Waals surface area contributed by atoms with Crippen LogP contribution >= 0.6 is 0 Å². The molecule has 0 bridgehead atoms. The molecule has 0 saturated heterocycles. The summed E-state index contributed by atoms with van der Waals surface area (Å²) in [6.45, 7) is 13.7. The third-order valence-corrected chi connectivity index (χ3v) is 7.27. The van der Waals surface area contributed by atoms with Crippen LogP contribution in [0.1, 0.15) is 64.0 Å². The molecule has 238 valence electrons. The molecule has 3 rings (SSSR count). The minimum atomic E-state index is -0.836. The van der Waals surface area contributed by atoms with E-state index in [4.69, 9.17) is 19.2 Å². The Kier molecular flexibility index (Phi) is 12.9. The number of fused-ring (bicyclic) bond motifs is 1. The second-order valence-electron chi connectivity index (χ2n) is 10.7. The SMILES string of the molecule is C=C(CCO[C@H](CC)CC1=C(c2c(F)cc(C(=C)N=C(/C=C\C)C(=O)OC)cc2F)N=C2C=C(C)C=CC=C2C1)CC(=O)OC. The van der Waals surface area contributed by atoms with Gasteiger partial charge in [-0.2, -0.15) is 0 Å². The minimum Gasteiger partial charge on any atom is -0.469 e. The molecule has 7 nitrogen and oxygen atoms in total. The van der Waals surface area contributed by atoms with Gasteiger partial charge >= 0.3 is 11.9 Å². The molecule has 1 aromatic rings. The van der Waals surface area contributed by atoms with Gasteiger partial charge in [-0.15, -0.1) is 0 Å². The van der Waals surface area contributed by atoms with Crippen molar-refractivity contribution in [2.45, 2.75) is 59.0 Å². The highest BCUT2D eigenvalue weighted by Crippen LogP contribution is 2.38. The molecule has 9 heteroatoms. The first-order valence-corrected chi connectivity index (χ1v) is 14.7. The zero-order valence-corrected chi connectivity index (χ0v) is 26.5. The Morgan fingerprint density at radius 1 is 1.16 bits per heavy atom. The normalized spacial score (nSPS) is 15.5. The van der Waals surface area contributed by atoms with Crippen LogP contribution in [-0.4, -0.2) is 50.3 Å². The molecular weight excluding hydrogens is 578 g/mol. The van der Waals surface area contributed by atoms with E-state index in [1.165, 1.54) is 20.3 Å². The summed E-state index contributed by atoms with van der Waals surface area (Å²) in [4.78, 5) is 32.6. The van der Waals surface area contributed by atoms with Gasteiger partial charge in [0.2, 0.25) is 0 Å². The summed E-state index contributed by atoms with van der Waals surface area (Å²) in [5, 5.41) is 0. The summed E-state index contributed by atoms with van der Waals surface area (Å²) in [6.07, 6.45) is 12.5. The van der Waals surface area contributed by atoms with Gasteiger partial charge in [0, 0.05) is 5.56 Å². The van der Waals surface area contributed by atoms with Crippen LogP contribution in [0.5, 0.6) is 0 Å². The number of hydrogen-bond acceptors (Lipinski definition) is 7. The van der Waals surface area contributed by atoms with E-state index in [0.717, 1.165) is 28.9 Å². The number of allylic oxidation sites excluding steroid dienone is 7. The Balaban J connectivity index is 2.01. The fourth-order valence-corrected chi connectivity index (χ4v) is 4.85. The maximum atomic E-state index is 15.9. The summed E-state index contributed by atoms with van der Waals surface area (Å²) in [5.41, 5.74) is 3.91. The van der Waals surface area contributed by atoms with E-state index >= 15 is 8.78 Å². The summed E-state index contributed by atoms with van der Waals surface area (Å²) in [7, 11) is 2.54. The highest BCUT2D eigenvalue weighted by atomic mass is 19.1. The molecule has 0 amide bonds. The number of carbonyl (C=O) groups excluding carboxylic acids is 2. The van der Waals surface area contributed by atoms with Crippen molar-refractivity contribution >= 4 is 34.8 Å². The topological polar surface area (TPSA) is 86.5 Å². The molecule has 1 aliphatic heterocycles. The van der Waals surface area contributed by atoms with Crippen LogP contribution in [0.15, 0.2) is 94.0 Å². The summed E-state index contributed by atoms with van der Waals surface area (Å²) >= 11 is 0. The Morgan fingerprint density at radius 3 is 2.49 bits per heavy atom. The Hall–Kier alpha value is -4.50. The van der Waals surface area contributed by atoms with E-state index in [9.17, 15) is 9.59 Å². The average Bonchev–Trinajstić information content (AvgIpc) is 3.19. The molecule has 0 spiro atoms. The fraction of sp³-hybridized carbons (Fsp3) is 0.333. The second kappa shape index (κ2) is 16.5. The highest BCUT2D eigenvalue weighted by Gasteiger charge is 2.27. The molecular formula is C36H40F2N2O5. The minimum absolute atomic E-state index is 0.00568. The number of aliphatic imine (C=N–C) groups is 2. The maximum Gasteiger partial charge on any atom is 0.356 e. The van der Waals surface area contributed by atoms with Crippen LogP contribution in [0.25, 0.3) is 11.4 Å². The van der Waals surface area contributed by atoms with Crippen molar-refractivity contribution in [1.29, 1.82) is 0 Å². The molecule has 0 saturated carbocycles. The van der Waals surface area contributed by atoms with Crippen LogP contribution < -0.4 is 0 Å². The van der Waals surface area contributed by atoms with Gasteiger partial charge in [-0.3, -0.25) is 4.79 Å². The highest BCUT2D eigenvalue weighted by molar-refractivity contribution is 6.41. The first-order chi connectivity index (χ1) is 21.5. The zero-order chi connectivity index (χ0) is 33.1. The Morgan fingerprint density at radius 2 is 1.87 bits per heavy atom. The van der Waals surface area contributed by atoms with Crippen molar-refractivity contribution in [3.05, 3.63) is 107 Å². The third kappa shape index (κ3) is 9.49. The number of nitrogens with zero attached hydrogens (tertiary/aromatic N) is 2. The number of halogens is 2. The van der Waals surface area contributed by atoms with E-state index < -0.39 is 17.6 Å². The number of ether oxygens (including phenoxy) is 3. The fourth-order valence-electron chi connectivity index (χ4n) is 4.85. The molecule has 1 atom stereocenters. The van der Waals surface area contributed by atoms with Crippen LogP contribution in [0, 0.1) is 11.6 Å². The van der Waals surface area contributed by atoms with E-state index in [-0.39, 0.29) is 46.7 Å². The predicted octanol–water partition coefficient (Wildman–Crippen LogP) is 7.82. The first kappa shape index (κ1) is 35.0.